The Kier molecular flexibility index (Phi) is 7.17. The molecule has 5 rings (SSSR count). The van der Waals surface area contributed by atoms with Crippen LogP contribution < -0.4 is 4.74 Å². The number of hydrogen-bond acceptors (Lipinski definition) is 7. The number of ether oxygens (including phenoxy) is 2. The number of aryl methyl sites for hydroxylation is 3. The zero-order chi connectivity index (χ0) is 28.8. The fourth-order valence-corrected chi connectivity index (χ4v) is 6.09. The van der Waals surface area contributed by atoms with Crippen molar-refractivity contribution < 1.29 is 14.3 Å². The third-order valence-corrected chi connectivity index (χ3v) is 8.14. The summed E-state index contributed by atoms with van der Waals surface area (Å²) in [5.74, 6) is 0.333. The summed E-state index contributed by atoms with van der Waals surface area (Å²) in [6.45, 7) is 14.5. The molecule has 8 nitrogen and oxygen atoms in total. The number of esters is 1. The van der Waals surface area contributed by atoms with Crippen molar-refractivity contribution in [1.82, 2.24) is 24.9 Å². The van der Waals surface area contributed by atoms with Crippen molar-refractivity contribution in [3.8, 4) is 5.75 Å². The van der Waals surface area contributed by atoms with Crippen molar-refractivity contribution in [1.29, 1.82) is 0 Å². The van der Waals surface area contributed by atoms with Gasteiger partial charge in [-0.2, -0.15) is 0 Å². The van der Waals surface area contributed by atoms with Crippen LogP contribution in [-0.2, 0) is 29.7 Å². The van der Waals surface area contributed by atoms with E-state index in [0.29, 0.717) is 6.54 Å². The summed E-state index contributed by atoms with van der Waals surface area (Å²) in [6, 6.07) is 14.6. The van der Waals surface area contributed by atoms with E-state index in [1.165, 1.54) is 18.2 Å². The van der Waals surface area contributed by atoms with Gasteiger partial charge in [0.1, 0.15) is 16.9 Å². The standard InChI is InChI=1S/C32H39N5O3/c1-20-11-12-22(16-23(20)17-37-18-25-27(10-9-15-33-25)40-31(3,4)19-37)28(32(5,6)30(38)39-8)24-13-14-26-29(21(24)2)34-35-36(26)7/h9-16,28H,17-19H2,1-8H3/t28-/m0/s1. The summed E-state index contributed by atoms with van der Waals surface area (Å²) < 4.78 is 13.4. The molecule has 210 valence electrons. The van der Waals surface area contributed by atoms with Crippen LogP contribution in [0, 0.1) is 19.3 Å². The van der Waals surface area contributed by atoms with Gasteiger partial charge < -0.3 is 9.47 Å². The Morgan fingerprint density at radius 1 is 1.18 bits per heavy atom. The predicted molar refractivity (Wildman–Crippen MR) is 155 cm³/mol. The van der Waals surface area contributed by atoms with Crippen LogP contribution in [0.25, 0.3) is 11.0 Å². The first-order chi connectivity index (χ1) is 18.9. The van der Waals surface area contributed by atoms with Gasteiger partial charge in [0.25, 0.3) is 0 Å². The Labute approximate surface area is 236 Å². The summed E-state index contributed by atoms with van der Waals surface area (Å²) in [5.41, 5.74) is 7.08. The number of hydrogen-bond donors (Lipinski definition) is 0. The number of benzene rings is 2. The topological polar surface area (TPSA) is 82.4 Å². The fourth-order valence-electron chi connectivity index (χ4n) is 6.09. The molecule has 1 aliphatic rings. The average Bonchev–Trinajstić information content (AvgIpc) is 3.22. The van der Waals surface area contributed by atoms with Gasteiger partial charge in [-0.05, 0) is 87.6 Å². The Morgan fingerprint density at radius 3 is 2.70 bits per heavy atom. The van der Waals surface area contributed by atoms with Gasteiger partial charge in [-0.1, -0.05) is 29.5 Å². The van der Waals surface area contributed by atoms with Gasteiger partial charge in [-0.3, -0.25) is 14.7 Å². The van der Waals surface area contributed by atoms with E-state index in [1.807, 2.05) is 45.3 Å². The van der Waals surface area contributed by atoms with E-state index in [0.717, 1.165) is 52.3 Å². The number of carbonyl (C=O) groups is 1. The van der Waals surface area contributed by atoms with Crippen LogP contribution in [0.15, 0.2) is 48.7 Å². The van der Waals surface area contributed by atoms with Gasteiger partial charge >= 0.3 is 5.97 Å². The zero-order valence-electron chi connectivity index (χ0n) is 24.8. The SMILES string of the molecule is COC(=O)C(C)(C)[C@@H](c1ccc(C)c(CN2Cc3ncccc3OC(C)(C)C2)c1)c1ccc2c(nnn2C)c1C. The number of rotatable bonds is 6. The van der Waals surface area contributed by atoms with Crippen LogP contribution in [0.2, 0.25) is 0 Å². The van der Waals surface area contributed by atoms with Gasteiger partial charge in [0.2, 0.25) is 0 Å². The molecule has 0 bridgehead atoms. The van der Waals surface area contributed by atoms with Crippen LogP contribution in [0.1, 0.15) is 67.1 Å². The quantitative estimate of drug-likeness (QED) is 0.299. The van der Waals surface area contributed by atoms with E-state index >= 15 is 0 Å². The molecule has 2 aromatic carbocycles. The summed E-state index contributed by atoms with van der Waals surface area (Å²) in [6.07, 6.45) is 1.82. The molecule has 3 heterocycles. The minimum absolute atomic E-state index is 0.253. The summed E-state index contributed by atoms with van der Waals surface area (Å²) in [5, 5.41) is 8.65. The molecule has 0 N–H and O–H groups in total. The smallest absolute Gasteiger partial charge is 0.312 e. The molecule has 4 aromatic rings. The fraction of sp³-hybridized carbons (Fsp3) is 0.438. The Morgan fingerprint density at radius 2 is 1.95 bits per heavy atom. The summed E-state index contributed by atoms with van der Waals surface area (Å²) in [4.78, 5) is 20.2. The van der Waals surface area contributed by atoms with Crippen molar-refractivity contribution in [3.63, 3.8) is 0 Å². The van der Waals surface area contributed by atoms with Crippen molar-refractivity contribution in [2.24, 2.45) is 12.5 Å². The molecule has 0 aliphatic carbocycles. The molecule has 0 saturated heterocycles. The maximum atomic E-state index is 13.2. The van der Waals surface area contributed by atoms with E-state index in [-0.39, 0.29) is 17.5 Å². The number of methoxy groups -OCH3 is 1. The normalized spacial score (nSPS) is 16.2. The van der Waals surface area contributed by atoms with Gasteiger partial charge in [0.15, 0.2) is 0 Å². The molecule has 1 aliphatic heterocycles. The molecule has 8 heteroatoms. The highest BCUT2D eigenvalue weighted by molar-refractivity contribution is 5.82. The first-order valence-corrected chi connectivity index (χ1v) is 13.7. The van der Waals surface area contributed by atoms with Crippen molar-refractivity contribution in [2.45, 2.75) is 66.2 Å². The second-order valence-corrected chi connectivity index (χ2v) is 12.1. The van der Waals surface area contributed by atoms with Gasteiger partial charge in [-0.25, -0.2) is 4.68 Å². The van der Waals surface area contributed by atoms with Crippen LogP contribution in [0.4, 0.5) is 0 Å². The number of aromatic nitrogens is 4. The van der Waals surface area contributed by atoms with Crippen LogP contribution >= 0.6 is 0 Å². The molecular formula is C32H39N5O3. The molecule has 0 unspecified atom stereocenters. The first-order valence-electron chi connectivity index (χ1n) is 13.7. The third kappa shape index (κ3) is 5.08. The van der Waals surface area contributed by atoms with Crippen LogP contribution in [-0.4, -0.2) is 50.1 Å². The van der Waals surface area contributed by atoms with E-state index in [2.05, 4.69) is 72.2 Å². The lowest BCUT2D eigenvalue weighted by Gasteiger charge is -2.34. The molecule has 40 heavy (non-hydrogen) atoms. The highest BCUT2D eigenvalue weighted by atomic mass is 16.5. The number of fused-ring (bicyclic) bond motifs is 2. The monoisotopic (exact) mass is 541 g/mol. The predicted octanol–water partition coefficient (Wildman–Crippen LogP) is 5.48. The maximum absolute atomic E-state index is 13.2. The minimum Gasteiger partial charge on any atom is -0.485 e. The average molecular weight is 542 g/mol. The minimum atomic E-state index is -0.830. The lowest BCUT2D eigenvalue weighted by molar-refractivity contribution is -0.151. The Hall–Kier alpha value is -3.78. The first kappa shape index (κ1) is 27.8. The molecule has 0 amide bonds. The highest BCUT2D eigenvalue weighted by Gasteiger charge is 2.41. The lowest BCUT2D eigenvalue weighted by atomic mass is 9.69. The Bertz CT molecular complexity index is 1570. The van der Waals surface area contributed by atoms with E-state index < -0.39 is 5.41 Å². The highest BCUT2D eigenvalue weighted by Crippen LogP contribution is 2.44. The summed E-state index contributed by atoms with van der Waals surface area (Å²) >= 11 is 0. The zero-order valence-corrected chi connectivity index (χ0v) is 24.8. The van der Waals surface area contributed by atoms with Crippen LogP contribution in [0.3, 0.4) is 0 Å². The lowest BCUT2D eigenvalue weighted by Crippen LogP contribution is -2.40. The van der Waals surface area contributed by atoms with Gasteiger partial charge in [-0.15, -0.1) is 5.10 Å². The van der Waals surface area contributed by atoms with Crippen molar-refractivity contribution in [2.75, 3.05) is 13.7 Å². The largest absolute Gasteiger partial charge is 0.485 e. The Balaban J connectivity index is 1.58. The second kappa shape index (κ2) is 10.3. The molecule has 0 saturated carbocycles. The number of nitrogens with zero attached hydrogens (tertiary/aromatic N) is 5. The molecule has 0 fully saturated rings. The summed E-state index contributed by atoms with van der Waals surface area (Å²) in [7, 11) is 3.34. The molecular weight excluding hydrogens is 502 g/mol. The van der Waals surface area contributed by atoms with Crippen molar-refractivity contribution >= 4 is 17.0 Å². The van der Waals surface area contributed by atoms with Gasteiger partial charge in [0.05, 0.1) is 23.7 Å². The third-order valence-electron chi connectivity index (χ3n) is 8.14. The second-order valence-electron chi connectivity index (χ2n) is 12.1. The number of carbonyl (C=O) groups excluding carboxylic acids is 1. The maximum Gasteiger partial charge on any atom is 0.312 e. The van der Waals surface area contributed by atoms with Crippen molar-refractivity contribution in [3.05, 3.63) is 82.2 Å². The molecule has 1 atom stereocenters. The van der Waals surface area contributed by atoms with Crippen LogP contribution in [0.5, 0.6) is 5.75 Å². The number of pyridine rings is 1. The molecule has 0 radical (unpaired) electrons. The van der Waals surface area contributed by atoms with E-state index in [1.54, 1.807) is 4.68 Å². The van der Waals surface area contributed by atoms with Gasteiger partial charge in [0, 0.05) is 38.8 Å². The van der Waals surface area contributed by atoms with E-state index in [4.69, 9.17) is 9.47 Å². The molecule has 2 aromatic heterocycles. The molecule has 0 spiro atoms. The van der Waals surface area contributed by atoms with E-state index in [9.17, 15) is 4.79 Å².